The third kappa shape index (κ3) is 2.70. The fraction of sp³-hybridized carbons (Fsp3) is 0.263. The van der Waals surface area contributed by atoms with Gasteiger partial charge in [0.05, 0.1) is 17.2 Å². The average molecular weight is 338 g/mol. The molecule has 1 fully saturated rings. The molecule has 1 aliphatic rings. The summed E-state index contributed by atoms with van der Waals surface area (Å²) in [6.07, 6.45) is 4.30. The van der Waals surface area contributed by atoms with Crippen molar-refractivity contribution in [2.75, 3.05) is 18.1 Å². The van der Waals surface area contributed by atoms with Crippen molar-refractivity contribution in [2.24, 2.45) is 0 Å². The quantitative estimate of drug-likeness (QED) is 0.493. The maximum atomic E-state index is 12.8. The highest BCUT2D eigenvalue weighted by Crippen LogP contribution is 2.42. The van der Waals surface area contributed by atoms with Crippen molar-refractivity contribution in [1.29, 1.82) is 0 Å². The molecule has 5 heteroatoms. The van der Waals surface area contributed by atoms with E-state index in [0.717, 1.165) is 39.3 Å². The Hall–Kier alpha value is -2.24. The van der Waals surface area contributed by atoms with E-state index in [1.54, 1.807) is 23.7 Å². The highest BCUT2D eigenvalue weighted by Gasteiger charge is 2.36. The maximum absolute atomic E-state index is 12.8. The van der Waals surface area contributed by atoms with Crippen LogP contribution in [0.2, 0.25) is 0 Å². The first kappa shape index (κ1) is 15.3. The summed E-state index contributed by atoms with van der Waals surface area (Å²) in [4.78, 5) is 19.9. The maximum Gasteiger partial charge on any atom is 0.205 e. The fourth-order valence-electron chi connectivity index (χ4n) is 2.93. The molecule has 2 aromatic heterocycles. The van der Waals surface area contributed by atoms with E-state index in [0.29, 0.717) is 6.61 Å². The summed E-state index contributed by atoms with van der Waals surface area (Å²) >= 11 is 1.56. The molecule has 122 valence electrons. The lowest BCUT2D eigenvalue weighted by molar-refractivity contribution is 0.0958. The first-order valence-corrected chi connectivity index (χ1v) is 8.96. The number of ketones is 1. The third-order valence-corrected chi connectivity index (χ3v) is 5.28. The van der Waals surface area contributed by atoms with Crippen LogP contribution in [0.25, 0.3) is 10.1 Å². The van der Waals surface area contributed by atoms with Crippen LogP contribution < -0.4 is 4.90 Å². The molecule has 3 aromatic rings. The highest BCUT2D eigenvalue weighted by molar-refractivity contribution is 7.21. The average Bonchev–Trinajstić information content (AvgIpc) is 3.40. The second kappa shape index (κ2) is 6.34. The molecular formula is C19H18N2O2S. The first-order valence-electron chi connectivity index (χ1n) is 8.14. The van der Waals surface area contributed by atoms with E-state index in [-0.39, 0.29) is 11.9 Å². The van der Waals surface area contributed by atoms with Crippen molar-refractivity contribution in [3.8, 4) is 0 Å². The van der Waals surface area contributed by atoms with Crippen molar-refractivity contribution in [3.63, 3.8) is 0 Å². The summed E-state index contributed by atoms with van der Waals surface area (Å²) in [5.41, 5.74) is 2.06. The molecule has 1 aliphatic heterocycles. The Kier molecular flexibility index (Phi) is 4.04. The summed E-state index contributed by atoms with van der Waals surface area (Å²) < 4.78 is 6.38. The van der Waals surface area contributed by atoms with Gasteiger partial charge >= 0.3 is 0 Å². The predicted octanol–water partition coefficient (Wildman–Crippen LogP) is 4.43. The van der Waals surface area contributed by atoms with Crippen LogP contribution in [0.1, 0.15) is 23.0 Å². The molecule has 1 unspecified atom stereocenters. The summed E-state index contributed by atoms with van der Waals surface area (Å²) in [6.45, 7) is 3.53. The summed E-state index contributed by atoms with van der Waals surface area (Å²) in [7, 11) is 0. The number of fused-ring (bicyclic) bond motifs is 1. The molecule has 1 aromatic carbocycles. The van der Waals surface area contributed by atoms with Crippen LogP contribution >= 0.6 is 11.3 Å². The van der Waals surface area contributed by atoms with Gasteiger partial charge in [-0.05, 0) is 24.6 Å². The number of nitrogens with zero attached hydrogens (tertiary/aromatic N) is 2. The Morgan fingerprint density at radius 2 is 2.04 bits per heavy atom. The smallest absolute Gasteiger partial charge is 0.205 e. The SMILES string of the molecule is CCCN(c1ccncc1)c1c(C(=O)C2CO2)sc2ccccc12. The summed E-state index contributed by atoms with van der Waals surface area (Å²) in [6, 6.07) is 12.2. The largest absolute Gasteiger partial charge is 0.364 e. The normalized spacial score (nSPS) is 16.3. The number of carbonyl (C=O) groups is 1. The van der Waals surface area contributed by atoms with Gasteiger partial charge in [-0.15, -0.1) is 11.3 Å². The van der Waals surface area contributed by atoms with E-state index < -0.39 is 0 Å². The van der Waals surface area contributed by atoms with Crippen molar-refractivity contribution < 1.29 is 9.53 Å². The van der Waals surface area contributed by atoms with E-state index in [4.69, 9.17) is 4.74 Å². The van der Waals surface area contributed by atoms with Crippen LogP contribution in [0.4, 0.5) is 11.4 Å². The number of Topliss-reactive ketones (excluding diaryl/α,β-unsaturated/α-hetero) is 1. The summed E-state index contributed by atoms with van der Waals surface area (Å²) in [5, 5.41) is 1.12. The Morgan fingerprint density at radius 1 is 1.29 bits per heavy atom. The number of hydrogen-bond acceptors (Lipinski definition) is 5. The van der Waals surface area contributed by atoms with Crippen molar-refractivity contribution in [1.82, 2.24) is 4.98 Å². The number of epoxide rings is 1. The van der Waals surface area contributed by atoms with Gasteiger partial charge in [-0.2, -0.15) is 0 Å². The van der Waals surface area contributed by atoms with Crippen LogP contribution in [0, 0.1) is 0 Å². The van der Waals surface area contributed by atoms with Crippen LogP contribution in [-0.2, 0) is 4.74 Å². The molecule has 4 rings (SSSR count). The van der Waals surface area contributed by atoms with Gasteiger partial charge in [0.25, 0.3) is 0 Å². The molecule has 0 saturated carbocycles. The molecule has 0 N–H and O–H groups in total. The Balaban J connectivity index is 1.91. The van der Waals surface area contributed by atoms with Gasteiger partial charge in [0.2, 0.25) is 5.78 Å². The third-order valence-electron chi connectivity index (χ3n) is 4.11. The second-order valence-corrected chi connectivity index (χ2v) is 6.87. The highest BCUT2D eigenvalue weighted by atomic mass is 32.1. The number of thiophene rings is 1. The van der Waals surface area contributed by atoms with E-state index in [1.165, 1.54) is 0 Å². The number of pyridine rings is 1. The van der Waals surface area contributed by atoms with Gasteiger partial charge in [-0.3, -0.25) is 9.78 Å². The van der Waals surface area contributed by atoms with Crippen LogP contribution in [0.3, 0.4) is 0 Å². The fourth-order valence-corrected chi connectivity index (χ4v) is 4.12. The van der Waals surface area contributed by atoms with E-state index in [2.05, 4.69) is 28.9 Å². The molecule has 24 heavy (non-hydrogen) atoms. The molecule has 1 atom stereocenters. The van der Waals surface area contributed by atoms with Gasteiger partial charge in [-0.25, -0.2) is 0 Å². The van der Waals surface area contributed by atoms with Crippen LogP contribution in [0.15, 0.2) is 48.8 Å². The molecule has 4 nitrogen and oxygen atoms in total. The topological polar surface area (TPSA) is 45.7 Å². The van der Waals surface area contributed by atoms with E-state index >= 15 is 0 Å². The standard InChI is InChI=1S/C19H18N2O2S/c1-2-11-21(13-7-9-20-10-8-13)17-14-5-3-4-6-16(14)24-19(17)18(22)15-12-23-15/h3-10,15H,2,11-12H2,1H3. The number of benzene rings is 1. The molecule has 0 bridgehead atoms. The molecular weight excluding hydrogens is 320 g/mol. The number of aromatic nitrogens is 1. The molecule has 3 heterocycles. The lowest BCUT2D eigenvalue weighted by Gasteiger charge is -2.25. The Labute approximate surface area is 144 Å². The van der Waals surface area contributed by atoms with Gasteiger partial charge < -0.3 is 9.64 Å². The monoisotopic (exact) mass is 338 g/mol. The lowest BCUT2D eigenvalue weighted by atomic mass is 10.1. The molecule has 0 amide bonds. The zero-order valence-corrected chi connectivity index (χ0v) is 14.3. The van der Waals surface area contributed by atoms with Gasteiger partial charge in [0.1, 0.15) is 6.10 Å². The zero-order valence-electron chi connectivity index (χ0n) is 13.4. The Bertz CT molecular complexity index is 871. The van der Waals surface area contributed by atoms with E-state index in [1.807, 2.05) is 24.3 Å². The van der Waals surface area contributed by atoms with Crippen molar-refractivity contribution >= 4 is 38.6 Å². The minimum absolute atomic E-state index is 0.0985. The number of rotatable bonds is 6. The predicted molar refractivity (Wildman–Crippen MR) is 97.4 cm³/mol. The van der Waals surface area contributed by atoms with Gasteiger partial charge in [0.15, 0.2) is 0 Å². The number of anilines is 2. The van der Waals surface area contributed by atoms with Crippen molar-refractivity contribution in [3.05, 3.63) is 53.7 Å². The number of hydrogen-bond donors (Lipinski definition) is 0. The lowest BCUT2D eigenvalue weighted by Crippen LogP contribution is -2.20. The minimum Gasteiger partial charge on any atom is -0.364 e. The first-order chi connectivity index (χ1) is 11.8. The molecule has 0 aliphatic carbocycles. The number of carbonyl (C=O) groups excluding carboxylic acids is 1. The minimum atomic E-state index is -0.266. The number of ether oxygens (including phenoxy) is 1. The summed E-state index contributed by atoms with van der Waals surface area (Å²) in [5.74, 6) is 0.0985. The van der Waals surface area contributed by atoms with Gasteiger partial charge in [0, 0.05) is 34.7 Å². The van der Waals surface area contributed by atoms with Crippen LogP contribution in [-0.4, -0.2) is 30.0 Å². The Morgan fingerprint density at radius 3 is 2.75 bits per heavy atom. The molecule has 0 radical (unpaired) electrons. The van der Waals surface area contributed by atoms with E-state index in [9.17, 15) is 4.79 Å². The molecule has 1 saturated heterocycles. The molecule has 0 spiro atoms. The van der Waals surface area contributed by atoms with Crippen molar-refractivity contribution in [2.45, 2.75) is 19.4 Å². The zero-order chi connectivity index (χ0) is 16.5. The second-order valence-electron chi connectivity index (χ2n) is 5.82. The van der Waals surface area contributed by atoms with Gasteiger partial charge in [-0.1, -0.05) is 25.1 Å². The van der Waals surface area contributed by atoms with Crippen LogP contribution in [0.5, 0.6) is 0 Å².